The maximum Gasteiger partial charge on any atom is 0.229 e. The van der Waals surface area contributed by atoms with Gasteiger partial charge in [-0.25, -0.2) is 0 Å². The topological polar surface area (TPSA) is 54.2 Å². The second-order valence-electron chi connectivity index (χ2n) is 6.63. The number of nitrogens with one attached hydrogen (secondary N) is 1. The van der Waals surface area contributed by atoms with Gasteiger partial charge in [0, 0.05) is 12.0 Å². The summed E-state index contributed by atoms with van der Waals surface area (Å²) < 4.78 is 5.52. The van der Waals surface area contributed by atoms with Crippen LogP contribution in [0.3, 0.4) is 0 Å². The highest BCUT2D eigenvalue weighted by Crippen LogP contribution is 2.31. The zero-order valence-corrected chi connectivity index (χ0v) is 13.2. The molecule has 2 fully saturated rings. The second-order valence-corrected chi connectivity index (χ2v) is 6.63. The van der Waals surface area contributed by atoms with Gasteiger partial charge in [0.1, 0.15) is 0 Å². The van der Waals surface area contributed by atoms with E-state index in [9.17, 15) is 0 Å². The van der Waals surface area contributed by atoms with Crippen molar-refractivity contribution in [3.63, 3.8) is 0 Å². The Kier molecular flexibility index (Phi) is 5.25. The number of rotatable bonds is 4. The third-order valence-electron chi connectivity index (χ3n) is 5.00. The molecule has 0 spiro atoms. The van der Waals surface area contributed by atoms with Crippen LogP contribution < -0.4 is 5.32 Å². The molecule has 1 aromatic rings. The largest absolute Gasteiger partial charge is 0.339 e. The number of hydrogen-bond acceptors (Lipinski definition) is 5. The van der Waals surface area contributed by atoms with Gasteiger partial charge in [0.25, 0.3) is 0 Å². The Hall–Kier alpha value is -0.940. The maximum absolute atomic E-state index is 5.52. The Morgan fingerprint density at radius 2 is 1.95 bits per heavy atom. The van der Waals surface area contributed by atoms with Crippen molar-refractivity contribution in [2.45, 2.75) is 69.9 Å². The third kappa shape index (κ3) is 4.04. The van der Waals surface area contributed by atoms with Crippen molar-refractivity contribution in [1.29, 1.82) is 0 Å². The second kappa shape index (κ2) is 7.36. The van der Waals surface area contributed by atoms with Gasteiger partial charge in [-0.1, -0.05) is 24.4 Å². The molecule has 21 heavy (non-hydrogen) atoms. The van der Waals surface area contributed by atoms with Gasteiger partial charge in [-0.15, -0.1) is 0 Å². The van der Waals surface area contributed by atoms with Crippen LogP contribution in [0.25, 0.3) is 0 Å². The summed E-state index contributed by atoms with van der Waals surface area (Å²) in [7, 11) is 2.19. The number of nitrogens with zero attached hydrogens (tertiary/aromatic N) is 3. The normalized spacial score (nSPS) is 25.1. The minimum absolute atomic E-state index is 0.507. The van der Waals surface area contributed by atoms with Gasteiger partial charge < -0.3 is 9.84 Å². The van der Waals surface area contributed by atoms with Gasteiger partial charge in [-0.3, -0.25) is 4.90 Å². The molecule has 118 valence electrons. The molecular formula is C16H28N4O. The highest BCUT2D eigenvalue weighted by atomic mass is 16.5. The molecule has 1 atom stereocenters. The average molecular weight is 292 g/mol. The Balaban J connectivity index is 1.55. The van der Waals surface area contributed by atoms with Crippen molar-refractivity contribution in [3.05, 3.63) is 11.7 Å². The van der Waals surface area contributed by atoms with E-state index < -0.39 is 0 Å². The first-order valence-electron chi connectivity index (χ1n) is 8.56. The summed E-state index contributed by atoms with van der Waals surface area (Å²) in [6, 6.07) is 0.636. The molecule has 2 heterocycles. The fraction of sp³-hybridized carbons (Fsp3) is 0.875. The molecule has 3 rings (SSSR count). The lowest BCUT2D eigenvalue weighted by molar-refractivity contribution is 0.208. The quantitative estimate of drug-likeness (QED) is 0.924. The summed E-state index contributed by atoms with van der Waals surface area (Å²) in [4.78, 5) is 7.05. The SMILES string of the molecule is CN(Cc1noc(C2CCCCC2)n1)[C@H]1CCCNCC1. The van der Waals surface area contributed by atoms with Crippen molar-refractivity contribution < 1.29 is 4.52 Å². The summed E-state index contributed by atoms with van der Waals surface area (Å²) in [6.07, 6.45) is 10.1. The zero-order chi connectivity index (χ0) is 14.5. The molecule has 0 unspecified atom stereocenters. The minimum atomic E-state index is 0.507. The molecule has 1 saturated carbocycles. The molecule has 5 heteroatoms. The van der Waals surface area contributed by atoms with Gasteiger partial charge in [-0.2, -0.15) is 4.98 Å². The van der Waals surface area contributed by atoms with Crippen LogP contribution >= 0.6 is 0 Å². The number of aromatic nitrogens is 2. The molecule has 1 aliphatic carbocycles. The summed E-state index contributed by atoms with van der Waals surface area (Å²) in [5.74, 6) is 2.24. The number of hydrogen-bond donors (Lipinski definition) is 1. The summed E-state index contributed by atoms with van der Waals surface area (Å²) in [6.45, 7) is 3.08. The molecule has 1 aromatic heterocycles. The summed E-state index contributed by atoms with van der Waals surface area (Å²) in [5.41, 5.74) is 0. The lowest BCUT2D eigenvalue weighted by atomic mass is 9.89. The van der Waals surface area contributed by atoms with Crippen molar-refractivity contribution in [3.8, 4) is 0 Å². The van der Waals surface area contributed by atoms with Crippen LogP contribution in [0, 0.1) is 0 Å². The van der Waals surface area contributed by atoms with Crippen molar-refractivity contribution in [1.82, 2.24) is 20.4 Å². The third-order valence-corrected chi connectivity index (χ3v) is 5.00. The maximum atomic E-state index is 5.52. The van der Waals surface area contributed by atoms with Crippen LogP contribution in [0.2, 0.25) is 0 Å². The van der Waals surface area contributed by atoms with E-state index in [2.05, 4.69) is 27.4 Å². The Morgan fingerprint density at radius 3 is 2.81 bits per heavy atom. The van der Waals surface area contributed by atoms with E-state index in [1.807, 2.05) is 0 Å². The molecule has 1 saturated heterocycles. The Bertz CT molecular complexity index is 420. The standard InChI is InChI=1S/C16H28N4O/c1-20(14-8-5-10-17-11-9-14)12-15-18-16(21-19-15)13-6-3-2-4-7-13/h13-14,17H,2-12H2,1H3/t14-/m0/s1. The van der Waals surface area contributed by atoms with E-state index in [-0.39, 0.29) is 0 Å². The first-order valence-corrected chi connectivity index (χ1v) is 8.56. The molecule has 1 N–H and O–H groups in total. The van der Waals surface area contributed by atoms with Gasteiger partial charge in [-0.05, 0) is 52.2 Å². The lowest BCUT2D eigenvalue weighted by Gasteiger charge is -2.25. The summed E-state index contributed by atoms with van der Waals surface area (Å²) in [5, 5.41) is 7.67. The van der Waals surface area contributed by atoms with Crippen LogP contribution in [-0.4, -0.2) is 41.2 Å². The van der Waals surface area contributed by atoms with Crippen LogP contribution in [0.4, 0.5) is 0 Å². The van der Waals surface area contributed by atoms with Gasteiger partial charge in [0.15, 0.2) is 5.82 Å². The van der Waals surface area contributed by atoms with Gasteiger partial charge >= 0.3 is 0 Å². The summed E-state index contributed by atoms with van der Waals surface area (Å²) >= 11 is 0. The molecule has 2 aliphatic rings. The molecule has 0 bridgehead atoms. The van der Waals surface area contributed by atoms with Crippen LogP contribution in [-0.2, 0) is 6.54 Å². The zero-order valence-electron chi connectivity index (χ0n) is 13.2. The van der Waals surface area contributed by atoms with Crippen LogP contribution in [0.15, 0.2) is 4.52 Å². The highest BCUT2D eigenvalue weighted by molar-refractivity contribution is 4.95. The van der Waals surface area contributed by atoms with E-state index in [4.69, 9.17) is 4.52 Å². The molecule has 0 aromatic carbocycles. The monoisotopic (exact) mass is 292 g/mol. The fourth-order valence-corrected chi connectivity index (χ4v) is 3.64. The first-order chi connectivity index (χ1) is 10.3. The molecule has 0 amide bonds. The lowest BCUT2D eigenvalue weighted by Crippen LogP contribution is -2.32. The first kappa shape index (κ1) is 15.0. The van der Waals surface area contributed by atoms with Crippen molar-refractivity contribution in [2.75, 3.05) is 20.1 Å². The van der Waals surface area contributed by atoms with E-state index in [0.29, 0.717) is 12.0 Å². The highest BCUT2D eigenvalue weighted by Gasteiger charge is 2.23. The van der Waals surface area contributed by atoms with E-state index in [0.717, 1.165) is 31.3 Å². The van der Waals surface area contributed by atoms with Crippen molar-refractivity contribution >= 4 is 0 Å². The molecule has 0 radical (unpaired) electrons. The Labute approximate surface area is 127 Å². The molecular weight excluding hydrogens is 264 g/mol. The minimum Gasteiger partial charge on any atom is -0.339 e. The molecule has 1 aliphatic heterocycles. The van der Waals surface area contributed by atoms with E-state index in [1.165, 1.54) is 51.4 Å². The Morgan fingerprint density at radius 1 is 1.10 bits per heavy atom. The molecule has 5 nitrogen and oxygen atoms in total. The fourth-order valence-electron chi connectivity index (χ4n) is 3.64. The van der Waals surface area contributed by atoms with E-state index in [1.54, 1.807) is 0 Å². The predicted octanol–water partition coefficient (Wildman–Crippen LogP) is 2.69. The van der Waals surface area contributed by atoms with E-state index >= 15 is 0 Å². The van der Waals surface area contributed by atoms with Crippen LogP contribution in [0.1, 0.15) is 69.0 Å². The van der Waals surface area contributed by atoms with Crippen molar-refractivity contribution in [2.24, 2.45) is 0 Å². The average Bonchev–Trinajstić information content (AvgIpc) is 2.81. The predicted molar refractivity (Wildman–Crippen MR) is 82.1 cm³/mol. The van der Waals surface area contributed by atoms with Gasteiger partial charge in [0.05, 0.1) is 6.54 Å². The van der Waals surface area contributed by atoms with Gasteiger partial charge in [0.2, 0.25) is 5.89 Å². The smallest absolute Gasteiger partial charge is 0.229 e. The van der Waals surface area contributed by atoms with Crippen LogP contribution in [0.5, 0.6) is 0 Å².